The molecule has 0 amide bonds. The number of aryl methyl sites for hydroxylation is 1. The highest BCUT2D eigenvalue weighted by Gasteiger charge is 1.96. The average molecular weight is 209 g/mol. The molecule has 0 aromatic carbocycles. The van der Waals surface area contributed by atoms with E-state index in [4.69, 9.17) is 4.74 Å². The van der Waals surface area contributed by atoms with Crippen LogP contribution in [0.15, 0.2) is 24.9 Å². The van der Waals surface area contributed by atoms with Crippen LogP contribution in [0.5, 0.6) is 0 Å². The van der Waals surface area contributed by atoms with Gasteiger partial charge in [0.25, 0.3) is 0 Å². The lowest BCUT2D eigenvalue weighted by molar-refractivity contribution is 0.140. The number of ether oxygens (including phenoxy) is 1. The molecule has 0 atom stereocenters. The van der Waals surface area contributed by atoms with Crippen molar-refractivity contribution in [1.82, 2.24) is 15.1 Å². The van der Waals surface area contributed by atoms with Gasteiger partial charge in [0.2, 0.25) is 0 Å². The molecule has 1 aromatic rings. The summed E-state index contributed by atoms with van der Waals surface area (Å²) in [5.41, 5.74) is 1.18. The monoisotopic (exact) mass is 209 g/mol. The van der Waals surface area contributed by atoms with E-state index in [1.165, 1.54) is 5.69 Å². The Kier molecular flexibility index (Phi) is 5.73. The Morgan fingerprint density at radius 1 is 1.60 bits per heavy atom. The predicted octanol–water partition coefficient (Wildman–Crippen LogP) is 1.10. The van der Waals surface area contributed by atoms with E-state index in [2.05, 4.69) is 17.0 Å². The third-order valence-electron chi connectivity index (χ3n) is 2.12. The van der Waals surface area contributed by atoms with Crippen molar-refractivity contribution in [3.8, 4) is 0 Å². The molecule has 0 unspecified atom stereocenters. The fourth-order valence-corrected chi connectivity index (χ4v) is 1.20. The summed E-state index contributed by atoms with van der Waals surface area (Å²) < 4.78 is 7.23. The molecule has 1 heterocycles. The van der Waals surface area contributed by atoms with Crippen molar-refractivity contribution in [2.24, 2.45) is 7.05 Å². The Morgan fingerprint density at radius 3 is 3.13 bits per heavy atom. The Hall–Kier alpha value is -1.13. The number of nitrogens with one attached hydrogen (secondary N) is 1. The number of rotatable bonds is 8. The Labute approximate surface area is 90.9 Å². The van der Waals surface area contributed by atoms with Gasteiger partial charge in [0, 0.05) is 26.3 Å². The zero-order chi connectivity index (χ0) is 10.9. The molecule has 15 heavy (non-hydrogen) atoms. The molecular formula is C11H19N3O. The number of hydrogen-bond acceptors (Lipinski definition) is 3. The summed E-state index contributed by atoms with van der Waals surface area (Å²) in [6, 6.07) is 2.01. The molecule has 4 heteroatoms. The largest absolute Gasteiger partial charge is 0.380 e. The highest BCUT2D eigenvalue weighted by molar-refractivity contribution is 4.98. The van der Waals surface area contributed by atoms with Gasteiger partial charge in [0.05, 0.1) is 18.9 Å². The molecule has 0 bridgehead atoms. The summed E-state index contributed by atoms with van der Waals surface area (Å²) >= 11 is 0. The first-order valence-corrected chi connectivity index (χ1v) is 5.21. The molecule has 1 aromatic heterocycles. The molecule has 1 rings (SSSR count). The van der Waals surface area contributed by atoms with E-state index in [0.29, 0.717) is 0 Å². The van der Waals surface area contributed by atoms with Crippen molar-refractivity contribution in [3.05, 3.63) is 30.6 Å². The zero-order valence-electron chi connectivity index (χ0n) is 9.28. The third-order valence-corrected chi connectivity index (χ3v) is 2.12. The maximum Gasteiger partial charge on any atom is 0.0591 e. The lowest BCUT2D eigenvalue weighted by Crippen LogP contribution is -2.20. The molecule has 0 aliphatic rings. The van der Waals surface area contributed by atoms with E-state index in [9.17, 15) is 0 Å². The highest BCUT2D eigenvalue weighted by Crippen LogP contribution is 1.94. The zero-order valence-corrected chi connectivity index (χ0v) is 9.28. The van der Waals surface area contributed by atoms with Crippen LogP contribution in [0.4, 0.5) is 0 Å². The minimum absolute atomic E-state index is 0.742. The van der Waals surface area contributed by atoms with Gasteiger partial charge < -0.3 is 10.1 Å². The van der Waals surface area contributed by atoms with Crippen LogP contribution in [-0.2, 0) is 18.3 Å². The summed E-state index contributed by atoms with van der Waals surface area (Å²) in [5.74, 6) is 0. The smallest absolute Gasteiger partial charge is 0.0591 e. The standard InChI is InChI=1S/C11H19N3O/c1-3-4-8-15-9-7-12-10-11-5-6-13-14(11)2/h3,5-6,12H,1,4,7-10H2,2H3. The van der Waals surface area contributed by atoms with E-state index in [1.54, 1.807) is 6.20 Å². The maximum atomic E-state index is 5.37. The Balaban J connectivity index is 1.98. The van der Waals surface area contributed by atoms with Crippen molar-refractivity contribution >= 4 is 0 Å². The minimum atomic E-state index is 0.742. The van der Waals surface area contributed by atoms with E-state index in [-0.39, 0.29) is 0 Å². The van der Waals surface area contributed by atoms with Crippen LogP contribution in [0, 0.1) is 0 Å². The van der Waals surface area contributed by atoms with Gasteiger partial charge in [-0.3, -0.25) is 4.68 Å². The summed E-state index contributed by atoms with van der Waals surface area (Å²) in [6.07, 6.45) is 4.59. The van der Waals surface area contributed by atoms with Gasteiger partial charge >= 0.3 is 0 Å². The van der Waals surface area contributed by atoms with Gasteiger partial charge in [-0.05, 0) is 12.5 Å². The molecular weight excluding hydrogens is 190 g/mol. The first-order chi connectivity index (χ1) is 7.34. The predicted molar refractivity (Wildman–Crippen MR) is 60.5 cm³/mol. The first kappa shape index (κ1) is 11.9. The van der Waals surface area contributed by atoms with Gasteiger partial charge in [0.1, 0.15) is 0 Å². The van der Waals surface area contributed by atoms with Crippen molar-refractivity contribution in [2.45, 2.75) is 13.0 Å². The highest BCUT2D eigenvalue weighted by atomic mass is 16.5. The Bertz CT molecular complexity index is 283. The van der Waals surface area contributed by atoms with Crippen LogP contribution in [0.2, 0.25) is 0 Å². The van der Waals surface area contributed by atoms with Gasteiger partial charge in [-0.15, -0.1) is 6.58 Å². The lowest BCUT2D eigenvalue weighted by atomic mass is 10.4. The minimum Gasteiger partial charge on any atom is -0.380 e. The molecule has 0 aliphatic carbocycles. The molecule has 4 nitrogen and oxygen atoms in total. The number of nitrogens with zero attached hydrogens (tertiary/aromatic N) is 2. The van der Waals surface area contributed by atoms with Gasteiger partial charge in [-0.2, -0.15) is 5.10 Å². The van der Waals surface area contributed by atoms with E-state index in [0.717, 1.165) is 32.7 Å². The molecule has 0 radical (unpaired) electrons. The molecule has 1 N–H and O–H groups in total. The van der Waals surface area contributed by atoms with Gasteiger partial charge in [-0.25, -0.2) is 0 Å². The number of hydrogen-bond donors (Lipinski definition) is 1. The average Bonchev–Trinajstić information content (AvgIpc) is 2.63. The molecule has 0 saturated heterocycles. The second kappa shape index (κ2) is 7.20. The molecule has 84 valence electrons. The molecule has 0 spiro atoms. The second-order valence-corrected chi connectivity index (χ2v) is 3.31. The van der Waals surface area contributed by atoms with Gasteiger partial charge in [-0.1, -0.05) is 6.08 Å². The second-order valence-electron chi connectivity index (χ2n) is 3.31. The number of aromatic nitrogens is 2. The molecule has 0 aliphatic heterocycles. The quantitative estimate of drug-likeness (QED) is 0.515. The maximum absolute atomic E-state index is 5.37. The SMILES string of the molecule is C=CCCOCCNCc1ccnn1C. The van der Waals surface area contributed by atoms with E-state index >= 15 is 0 Å². The molecule has 0 fully saturated rings. The lowest BCUT2D eigenvalue weighted by Gasteiger charge is -2.05. The van der Waals surface area contributed by atoms with Crippen LogP contribution < -0.4 is 5.32 Å². The van der Waals surface area contributed by atoms with Crippen molar-refractivity contribution in [2.75, 3.05) is 19.8 Å². The van der Waals surface area contributed by atoms with Crippen LogP contribution in [-0.4, -0.2) is 29.5 Å². The Morgan fingerprint density at radius 2 is 2.47 bits per heavy atom. The van der Waals surface area contributed by atoms with Crippen LogP contribution in [0.3, 0.4) is 0 Å². The summed E-state index contributed by atoms with van der Waals surface area (Å²) in [7, 11) is 1.94. The van der Waals surface area contributed by atoms with E-state index < -0.39 is 0 Å². The molecule has 0 saturated carbocycles. The van der Waals surface area contributed by atoms with Crippen molar-refractivity contribution in [3.63, 3.8) is 0 Å². The summed E-state index contributed by atoms with van der Waals surface area (Å²) in [5, 5.41) is 7.38. The fourth-order valence-electron chi connectivity index (χ4n) is 1.20. The third kappa shape index (κ3) is 4.76. The van der Waals surface area contributed by atoms with E-state index in [1.807, 2.05) is 23.9 Å². The summed E-state index contributed by atoms with van der Waals surface area (Å²) in [6.45, 7) is 6.83. The van der Waals surface area contributed by atoms with Crippen LogP contribution in [0.25, 0.3) is 0 Å². The van der Waals surface area contributed by atoms with Crippen molar-refractivity contribution < 1.29 is 4.74 Å². The first-order valence-electron chi connectivity index (χ1n) is 5.21. The van der Waals surface area contributed by atoms with Crippen LogP contribution in [0.1, 0.15) is 12.1 Å². The van der Waals surface area contributed by atoms with Crippen LogP contribution >= 0.6 is 0 Å². The van der Waals surface area contributed by atoms with Crippen molar-refractivity contribution in [1.29, 1.82) is 0 Å². The fraction of sp³-hybridized carbons (Fsp3) is 0.545. The normalized spacial score (nSPS) is 10.5. The van der Waals surface area contributed by atoms with Gasteiger partial charge in [0.15, 0.2) is 0 Å². The topological polar surface area (TPSA) is 39.1 Å². The summed E-state index contributed by atoms with van der Waals surface area (Å²) in [4.78, 5) is 0.